The molecule has 0 aromatic carbocycles. The summed E-state index contributed by atoms with van der Waals surface area (Å²) < 4.78 is 22.9. The number of sulfone groups is 1. The lowest BCUT2D eigenvalue weighted by molar-refractivity contribution is 0.485. The second-order valence-corrected chi connectivity index (χ2v) is 7.88. The standard InChI is InChI=1S/C12H21NO2S2/c1-4-17(14,15)9-11(3)13-10(2)8-12-6-5-7-16-12/h5-7,10-11,13H,4,8-9H2,1-3H3. The van der Waals surface area contributed by atoms with Crippen LogP contribution in [0.15, 0.2) is 17.5 Å². The molecule has 2 atom stereocenters. The molecule has 17 heavy (non-hydrogen) atoms. The Hall–Kier alpha value is -0.390. The van der Waals surface area contributed by atoms with Gasteiger partial charge in [0.1, 0.15) is 0 Å². The van der Waals surface area contributed by atoms with Gasteiger partial charge in [0.2, 0.25) is 0 Å². The Kier molecular flexibility index (Phi) is 5.62. The SMILES string of the molecule is CCS(=O)(=O)CC(C)NC(C)Cc1cccs1. The summed E-state index contributed by atoms with van der Waals surface area (Å²) in [5.41, 5.74) is 0. The largest absolute Gasteiger partial charge is 0.310 e. The zero-order chi connectivity index (χ0) is 12.9. The second kappa shape index (κ2) is 6.52. The first-order valence-corrected chi connectivity index (χ1v) is 8.62. The van der Waals surface area contributed by atoms with Crippen molar-refractivity contribution in [2.75, 3.05) is 11.5 Å². The van der Waals surface area contributed by atoms with Crippen molar-refractivity contribution < 1.29 is 8.42 Å². The first-order valence-electron chi connectivity index (χ1n) is 5.92. The third kappa shape index (κ3) is 5.66. The Labute approximate surface area is 108 Å². The molecule has 0 saturated heterocycles. The van der Waals surface area contributed by atoms with Crippen LogP contribution in [-0.2, 0) is 16.3 Å². The van der Waals surface area contributed by atoms with E-state index in [2.05, 4.69) is 23.7 Å². The van der Waals surface area contributed by atoms with E-state index in [1.165, 1.54) is 4.88 Å². The number of thiophene rings is 1. The van der Waals surface area contributed by atoms with Crippen molar-refractivity contribution in [1.82, 2.24) is 5.32 Å². The minimum atomic E-state index is -2.89. The van der Waals surface area contributed by atoms with Crippen molar-refractivity contribution in [1.29, 1.82) is 0 Å². The van der Waals surface area contributed by atoms with E-state index in [-0.39, 0.29) is 17.5 Å². The quantitative estimate of drug-likeness (QED) is 0.829. The van der Waals surface area contributed by atoms with Crippen LogP contribution in [0.4, 0.5) is 0 Å². The topological polar surface area (TPSA) is 46.2 Å². The lowest BCUT2D eigenvalue weighted by atomic mass is 10.2. The highest BCUT2D eigenvalue weighted by molar-refractivity contribution is 7.91. The average molecular weight is 275 g/mol. The summed E-state index contributed by atoms with van der Waals surface area (Å²) in [6.45, 7) is 5.71. The molecule has 0 saturated carbocycles. The Morgan fingerprint density at radius 3 is 2.59 bits per heavy atom. The van der Waals surface area contributed by atoms with E-state index in [1.807, 2.05) is 13.0 Å². The third-order valence-corrected chi connectivity index (χ3v) is 5.39. The molecular weight excluding hydrogens is 254 g/mol. The molecule has 0 radical (unpaired) electrons. The molecule has 0 aliphatic rings. The lowest BCUT2D eigenvalue weighted by Crippen LogP contribution is -2.40. The van der Waals surface area contributed by atoms with Gasteiger partial charge >= 0.3 is 0 Å². The van der Waals surface area contributed by atoms with E-state index >= 15 is 0 Å². The highest BCUT2D eigenvalue weighted by Gasteiger charge is 2.15. The summed E-state index contributed by atoms with van der Waals surface area (Å²) in [5.74, 6) is 0.441. The van der Waals surface area contributed by atoms with E-state index in [0.717, 1.165) is 6.42 Å². The van der Waals surface area contributed by atoms with Gasteiger partial charge in [-0.15, -0.1) is 11.3 Å². The van der Waals surface area contributed by atoms with Gasteiger partial charge in [0.05, 0.1) is 5.75 Å². The van der Waals surface area contributed by atoms with Crippen molar-refractivity contribution in [3.63, 3.8) is 0 Å². The second-order valence-electron chi connectivity index (χ2n) is 4.45. The van der Waals surface area contributed by atoms with Gasteiger partial charge < -0.3 is 5.32 Å². The molecule has 0 aliphatic heterocycles. The summed E-state index contributed by atoms with van der Waals surface area (Å²) in [5, 5.41) is 5.40. The summed E-state index contributed by atoms with van der Waals surface area (Å²) in [6, 6.07) is 4.46. The highest BCUT2D eigenvalue weighted by atomic mass is 32.2. The maximum Gasteiger partial charge on any atom is 0.151 e. The van der Waals surface area contributed by atoms with Gasteiger partial charge in [-0.3, -0.25) is 0 Å². The molecule has 0 spiro atoms. The minimum Gasteiger partial charge on any atom is -0.310 e. The number of rotatable bonds is 7. The van der Waals surface area contributed by atoms with E-state index in [0.29, 0.717) is 6.04 Å². The Morgan fingerprint density at radius 1 is 1.35 bits per heavy atom. The number of nitrogens with one attached hydrogen (secondary N) is 1. The van der Waals surface area contributed by atoms with Crippen LogP contribution in [0.2, 0.25) is 0 Å². The summed E-state index contributed by atoms with van der Waals surface area (Å²) in [6.07, 6.45) is 0.953. The Morgan fingerprint density at radius 2 is 2.06 bits per heavy atom. The molecule has 1 N–H and O–H groups in total. The zero-order valence-corrected chi connectivity index (χ0v) is 12.3. The highest BCUT2D eigenvalue weighted by Crippen LogP contribution is 2.11. The van der Waals surface area contributed by atoms with E-state index < -0.39 is 9.84 Å². The molecule has 0 bridgehead atoms. The summed E-state index contributed by atoms with van der Waals surface area (Å²) >= 11 is 1.74. The molecule has 1 aromatic rings. The predicted molar refractivity (Wildman–Crippen MR) is 74.4 cm³/mol. The van der Waals surface area contributed by atoms with Gasteiger partial charge in [-0.2, -0.15) is 0 Å². The average Bonchev–Trinajstić information content (AvgIpc) is 2.69. The van der Waals surface area contributed by atoms with Gasteiger partial charge in [0.25, 0.3) is 0 Å². The maximum atomic E-state index is 11.5. The predicted octanol–water partition coefficient (Wildman–Crippen LogP) is 2.09. The van der Waals surface area contributed by atoms with E-state index in [4.69, 9.17) is 0 Å². The fraction of sp³-hybridized carbons (Fsp3) is 0.667. The molecule has 5 heteroatoms. The van der Waals surface area contributed by atoms with Gasteiger partial charge in [0, 0.05) is 22.7 Å². The van der Waals surface area contributed by atoms with Gasteiger partial charge in [0.15, 0.2) is 9.84 Å². The summed E-state index contributed by atoms with van der Waals surface area (Å²) in [4.78, 5) is 1.33. The lowest BCUT2D eigenvalue weighted by Gasteiger charge is -2.19. The van der Waals surface area contributed by atoms with Crippen LogP contribution in [0.3, 0.4) is 0 Å². The molecule has 0 aliphatic carbocycles. The minimum absolute atomic E-state index is 0.00918. The third-order valence-electron chi connectivity index (χ3n) is 2.60. The Balaban J connectivity index is 2.38. The molecule has 1 rings (SSSR count). The molecule has 1 heterocycles. The van der Waals surface area contributed by atoms with Crippen molar-refractivity contribution in [3.8, 4) is 0 Å². The first-order chi connectivity index (χ1) is 7.93. The van der Waals surface area contributed by atoms with E-state index in [1.54, 1.807) is 18.3 Å². The van der Waals surface area contributed by atoms with E-state index in [9.17, 15) is 8.42 Å². The number of hydrogen-bond acceptors (Lipinski definition) is 4. The van der Waals surface area contributed by atoms with Crippen LogP contribution in [-0.4, -0.2) is 32.0 Å². The molecule has 0 amide bonds. The molecule has 2 unspecified atom stereocenters. The van der Waals surface area contributed by atoms with Crippen LogP contribution in [0.5, 0.6) is 0 Å². The number of hydrogen-bond donors (Lipinski definition) is 1. The molecule has 3 nitrogen and oxygen atoms in total. The zero-order valence-electron chi connectivity index (χ0n) is 10.6. The Bertz CT molecular complexity index is 412. The van der Waals surface area contributed by atoms with Crippen molar-refractivity contribution in [2.45, 2.75) is 39.3 Å². The fourth-order valence-electron chi connectivity index (χ4n) is 1.82. The molecule has 98 valence electrons. The monoisotopic (exact) mass is 275 g/mol. The van der Waals surface area contributed by atoms with Crippen molar-refractivity contribution in [3.05, 3.63) is 22.4 Å². The van der Waals surface area contributed by atoms with Crippen LogP contribution in [0.25, 0.3) is 0 Å². The normalized spacial score (nSPS) is 15.7. The first kappa shape index (κ1) is 14.7. The van der Waals surface area contributed by atoms with Crippen LogP contribution < -0.4 is 5.32 Å². The van der Waals surface area contributed by atoms with Gasteiger partial charge in [-0.1, -0.05) is 13.0 Å². The van der Waals surface area contributed by atoms with Crippen LogP contribution >= 0.6 is 11.3 Å². The van der Waals surface area contributed by atoms with Gasteiger partial charge in [-0.25, -0.2) is 8.42 Å². The fourth-order valence-corrected chi connectivity index (χ4v) is 3.75. The molecule has 1 aromatic heterocycles. The van der Waals surface area contributed by atoms with Crippen molar-refractivity contribution >= 4 is 21.2 Å². The van der Waals surface area contributed by atoms with Crippen LogP contribution in [0, 0.1) is 0 Å². The summed E-state index contributed by atoms with van der Waals surface area (Å²) in [7, 11) is -2.89. The van der Waals surface area contributed by atoms with Crippen LogP contribution in [0.1, 0.15) is 25.6 Å². The maximum absolute atomic E-state index is 11.5. The molecule has 0 fully saturated rings. The van der Waals surface area contributed by atoms with Crippen molar-refractivity contribution in [2.24, 2.45) is 0 Å². The molecular formula is C12H21NO2S2. The smallest absolute Gasteiger partial charge is 0.151 e. The van der Waals surface area contributed by atoms with Gasteiger partial charge in [-0.05, 0) is 31.7 Å².